The van der Waals surface area contributed by atoms with Gasteiger partial charge in [-0.2, -0.15) is 0 Å². The molecule has 0 aromatic heterocycles. The van der Waals surface area contributed by atoms with E-state index in [9.17, 15) is 35.7 Å². The Bertz CT molecular complexity index is 868. The van der Waals surface area contributed by atoms with Crippen LogP contribution in [-0.4, -0.2) is 172 Å². The van der Waals surface area contributed by atoms with E-state index < -0.39 is 123 Å². The van der Waals surface area contributed by atoms with Gasteiger partial charge < -0.3 is 98.6 Å². The second-order valence-corrected chi connectivity index (χ2v) is 11.2. The molecule has 19 heteroatoms. The predicted octanol–water partition coefficient (Wildman–Crippen LogP) is -8.90. The first-order valence-corrected chi connectivity index (χ1v) is 13.9. The lowest BCUT2D eigenvalue weighted by Crippen LogP contribution is -2.68. The van der Waals surface area contributed by atoms with Crippen molar-refractivity contribution < 1.29 is 64.2 Å². The molecule has 1 saturated carbocycles. The highest BCUT2D eigenvalue weighted by Crippen LogP contribution is 2.34. The van der Waals surface area contributed by atoms with Crippen molar-refractivity contribution in [3.05, 3.63) is 0 Å². The van der Waals surface area contributed by atoms with Crippen molar-refractivity contribution >= 4 is 0 Å². The topological polar surface area (TPSA) is 353 Å². The molecule has 19 N–H and O–H groups in total. The molecule has 19 nitrogen and oxygen atoms in total. The molecule has 0 radical (unpaired) electrons. The number of rotatable bonds is 9. The van der Waals surface area contributed by atoms with Gasteiger partial charge in [0.2, 0.25) is 0 Å². The van der Waals surface area contributed by atoms with E-state index in [1.54, 1.807) is 0 Å². The molecular weight excluding hydrogens is 568 g/mol. The molecule has 4 fully saturated rings. The van der Waals surface area contributed by atoms with Crippen LogP contribution in [0.1, 0.15) is 6.42 Å². The fourth-order valence-corrected chi connectivity index (χ4v) is 5.81. The summed E-state index contributed by atoms with van der Waals surface area (Å²) in [5.41, 5.74) is 35.6. The van der Waals surface area contributed by atoms with Crippen LogP contribution in [0, 0.1) is 0 Å². The number of aliphatic hydroxyl groups excluding tert-OH is 7. The molecule has 1 aliphatic carbocycles. The quantitative estimate of drug-likeness (QED) is 0.115. The fourth-order valence-electron chi connectivity index (χ4n) is 5.81. The zero-order chi connectivity index (χ0) is 31.0. The van der Waals surface area contributed by atoms with Crippen LogP contribution in [-0.2, 0) is 28.4 Å². The second-order valence-electron chi connectivity index (χ2n) is 11.2. The normalized spacial score (nSPS) is 53.8. The smallest absolute Gasteiger partial charge is 0.187 e. The molecule has 3 heterocycles. The molecule has 246 valence electrons. The minimum absolute atomic E-state index is 0.0871. The highest BCUT2D eigenvalue weighted by molar-refractivity contribution is 5.03. The Kier molecular flexibility index (Phi) is 11.5. The van der Waals surface area contributed by atoms with Crippen molar-refractivity contribution in [2.45, 2.75) is 123 Å². The van der Waals surface area contributed by atoms with Crippen LogP contribution in [0.4, 0.5) is 0 Å². The average molecular weight is 615 g/mol. The minimum atomic E-state index is -1.61. The van der Waals surface area contributed by atoms with Gasteiger partial charge >= 0.3 is 0 Å². The molecule has 19 atom stereocenters. The molecule has 4 rings (SSSR count). The first-order chi connectivity index (χ1) is 19.8. The van der Waals surface area contributed by atoms with Crippen molar-refractivity contribution in [2.75, 3.05) is 19.7 Å². The zero-order valence-corrected chi connectivity index (χ0v) is 22.8. The molecule has 42 heavy (non-hydrogen) atoms. The third-order valence-corrected chi connectivity index (χ3v) is 8.39. The summed E-state index contributed by atoms with van der Waals surface area (Å²) in [7, 11) is 0. The van der Waals surface area contributed by atoms with Crippen LogP contribution in [0.5, 0.6) is 0 Å². The molecule has 0 aromatic carbocycles. The largest absolute Gasteiger partial charge is 0.394 e. The van der Waals surface area contributed by atoms with Gasteiger partial charge in [0, 0.05) is 25.2 Å². The average Bonchev–Trinajstić information content (AvgIpc) is 3.26. The molecule has 4 aliphatic rings. The van der Waals surface area contributed by atoms with E-state index in [2.05, 4.69) is 0 Å². The lowest BCUT2D eigenvalue weighted by Gasteiger charge is -2.47. The third kappa shape index (κ3) is 6.60. The van der Waals surface area contributed by atoms with Gasteiger partial charge in [-0.05, 0) is 6.42 Å². The Morgan fingerprint density at radius 2 is 1.14 bits per heavy atom. The minimum Gasteiger partial charge on any atom is -0.394 e. The van der Waals surface area contributed by atoms with E-state index in [1.165, 1.54) is 0 Å². The molecule has 0 aromatic rings. The molecule has 19 unspecified atom stereocenters. The van der Waals surface area contributed by atoms with Crippen molar-refractivity contribution in [3.8, 4) is 0 Å². The summed E-state index contributed by atoms with van der Waals surface area (Å²) in [6.07, 6.45) is -19.8. The van der Waals surface area contributed by atoms with Crippen molar-refractivity contribution in [1.29, 1.82) is 0 Å². The van der Waals surface area contributed by atoms with Crippen LogP contribution in [0.25, 0.3) is 0 Å². The van der Waals surface area contributed by atoms with Crippen LogP contribution in [0.15, 0.2) is 0 Å². The van der Waals surface area contributed by atoms with Crippen LogP contribution in [0.3, 0.4) is 0 Å². The Morgan fingerprint density at radius 3 is 1.76 bits per heavy atom. The standard InChI is InChI=1S/C23H46N6O13/c24-2-7-13(32)14(33)11(29)22(38-7)41-19-9(4-30)39-23(16(19)35)42-20-12(31)5(26)1-6(27)17(20)40-18-8(3-25)37-21(36)10(28)15(18)34/h5-23,30-36H,1-4,24-29H2. The van der Waals surface area contributed by atoms with Crippen molar-refractivity contribution in [1.82, 2.24) is 0 Å². The van der Waals surface area contributed by atoms with Crippen LogP contribution in [0.2, 0.25) is 0 Å². The van der Waals surface area contributed by atoms with Gasteiger partial charge in [-0.15, -0.1) is 0 Å². The molecule has 3 saturated heterocycles. The number of nitrogens with two attached hydrogens (primary N) is 6. The fraction of sp³-hybridized carbons (Fsp3) is 1.00. The Morgan fingerprint density at radius 1 is 0.548 bits per heavy atom. The van der Waals surface area contributed by atoms with E-state index >= 15 is 0 Å². The maximum absolute atomic E-state index is 11.1. The lowest BCUT2D eigenvalue weighted by molar-refractivity contribution is -0.291. The van der Waals surface area contributed by atoms with Gasteiger partial charge in [-0.1, -0.05) is 0 Å². The Hall–Kier alpha value is -0.760. The predicted molar refractivity (Wildman–Crippen MR) is 138 cm³/mol. The summed E-state index contributed by atoms with van der Waals surface area (Å²) in [4.78, 5) is 0. The van der Waals surface area contributed by atoms with Crippen LogP contribution < -0.4 is 34.4 Å². The maximum atomic E-state index is 11.1. The SMILES string of the molecule is NCC1OC(OC2C(CO)OC(OC3C(O)C(N)CC(N)C3OC3C(CN)OC(O)C(N)C3O)C2O)C(N)C(O)C1O. The number of hydrogen-bond donors (Lipinski definition) is 13. The van der Waals surface area contributed by atoms with E-state index in [4.69, 9.17) is 62.8 Å². The highest BCUT2D eigenvalue weighted by atomic mass is 16.8. The molecule has 3 aliphatic heterocycles. The number of aliphatic hydroxyl groups is 7. The zero-order valence-electron chi connectivity index (χ0n) is 22.8. The lowest BCUT2D eigenvalue weighted by atomic mass is 9.84. The molecular formula is C23H46N6O13. The molecule has 0 spiro atoms. The summed E-state index contributed by atoms with van der Waals surface area (Å²) in [5, 5.41) is 73.2. The summed E-state index contributed by atoms with van der Waals surface area (Å²) < 4.78 is 34.5. The molecule has 0 bridgehead atoms. The first-order valence-electron chi connectivity index (χ1n) is 13.9. The number of hydrogen-bond acceptors (Lipinski definition) is 19. The van der Waals surface area contributed by atoms with Crippen molar-refractivity contribution in [2.24, 2.45) is 34.4 Å². The first kappa shape index (κ1) is 34.1. The van der Waals surface area contributed by atoms with E-state index in [1.807, 2.05) is 0 Å². The van der Waals surface area contributed by atoms with Gasteiger partial charge in [-0.3, -0.25) is 0 Å². The van der Waals surface area contributed by atoms with Gasteiger partial charge in [0.05, 0.1) is 24.8 Å². The van der Waals surface area contributed by atoms with E-state index in [-0.39, 0.29) is 19.5 Å². The Balaban J connectivity index is 1.51. The van der Waals surface area contributed by atoms with Crippen LogP contribution >= 0.6 is 0 Å². The summed E-state index contributed by atoms with van der Waals surface area (Å²) in [6.45, 7) is -0.975. The third-order valence-electron chi connectivity index (χ3n) is 8.39. The maximum Gasteiger partial charge on any atom is 0.187 e. The highest BCUT2D eigenvalue weighted by Gasteiger charge is 2.54. The van der Waals surface area contributed by atoms with E-state index in [0.717, 1.165) is 0 Å². The second kappa shape index (κ2) is 14.1. The summed E-state index contributed by atoms with van der Waals surface area (Å²) >= 11 is 0. The van der Waals surface area contributed by atoms with Gasteiger partial charge in [-0.25, -0.2) is 0 Å². The summed E-state index contributed by atoms with van der Waals surface area (Å²) in [6, 6.07) is -4.20. The van der Waals surface area contributed by atoms with E-state index in [0.29, 0.717) is 0 Å². The Labute approximate surface area is 241 Å². The monoisotopic (exact) mass is 614 g/mol. The number of ether oxygens (including phenoxy) is 6. The molecule has 0 amide bonds. The van der Waals surface area contributed by atoms with Gasteiger partial charge in [0.1, 0.15) is 67.1 Å². The summed E-state index contributed by atoms with van der Waals surface area (Å²) in [5.74, 6) is 0. The van der Waals surface area contributed by atoms with Gasteiger partial charge in [0.15, 0.2) is 18.9 Å². The van der Waals surface area contributed by atoms with Gasteiger partial charge in [0.25, 0.3) is 0 Å². The van der Waals surface area contributed by atoms with Crippen molar-refractivity contribution in [3.63, 3.8) is 0 Å².